The SMILES string of the molecule is CCCCCCCCO[Si]OCCCCCCCC. The maximum Gasteiger partial charge on any atom is 0.433 e. The number of unbranched alkanes of at least 4 members (excludes halogenated alkanes) is 10. The summed E-state index contributed by atoms with van der Waals surface area (Å²) in [5, 5.41) is 0. The van der Waals surface area contributed by atoms with Crippen LogP contribution in [0.4, 0.5) is 0 Å². The van der Waals surface area contributed by atoms with E-state index in [9.17, 15) is 0 Å². The van der Waals surface area contributed by atoms with Gasteiger partial charge in [0.05, 0.1) is 0 Å². The van der Waals surface area contributed by atoms with Crippen LogP contribution < -0.4 is 0 Å². The van der Waals surface area contributed by atoms with Crippen LogP contribution in [-0.2, 0) is 8.85 Å². The Morgan fingerprint density at radius 3 is 1.32 bits per heavy atom. The zero-order chi connectivity index (χ0) is 14.0. The van der Waals surface area contributed by atoms with Crippen molar-refractivity contribution in [1.82, 2.24) is 0 Å². The molecule has 0 aromatic rings. The number of hydrogen-bond donors (Lipinski definition) is 0. The highest BCUT2D eigenvalue weighted by molar-refractivity contribution is 6.17. The number of rotatable bonds is 16. The topological polar surface area (TPSA) is 18.5 Å². The molecule has 114 valence electrons. The summed E-state index contributed by atoms with van der Waals surface area (Å²) in [5.41, 5.74) is 0. The molecule has 0 saturated heterocycles. The van der Waals surface area contributed by atoms with Gasteiger partial charge in [0, 0.05) is 13.2 Å². The molecule has 0 atom stereocenters. The molecule has 0 spiro atoms. The molecule has 2 radical (unpaired) electrons. The average Bonchev–Trinajstić information content (AvgIpc) is 2.43. The Morgan fingerprint density at radius 2 is 0.895 bits per heavy atom. The molecular weight excluding hydrogens is 252 g/mol. The smallest absolute Gasteiger partial charge is 0.393 e. The van der Waals surface area contributed by atoms with Gasteiger partial charge in [0.15, 0.2) is 0 Å². The predicted molar refractivity (Wildman–Crippen MR) is 84.4 cm³/mol. The summed E-state index contributed by atoms with van der Waals surface area (Å²) < 4.78 is 11.0. The van der Waals surface area contributed by atoms with Gasteiger partial charge < -0.3 is 8.85 Å². The molecule has 2 nitrogen and oxygen atoms in total. The molecule has 0 aliphatic rings. The molecule has 0 aromatic carbocycles. The van der Waals surface area contributed by atoms with Crippen molar-refractivity contribution in [3.8, 4) is 0 Å². The lowest BCUT2D eigenvalue weighted by molar-refractivity contribution is 0.213. The molecule has 0 aliphatic heterocycles. The largest absolute Gasteiger partial charge is 0.433 e. The minimum Gasteiger partial charge on any atom is -0.393 e. The van der Waals surface area contributed by atoms with Crippen molar-refractivity contribution in [2.45, 2.75) is 90.9 Å². The fourth-order valence-electron chi connectivity index (χ4n) is 2.03. The third-order valence-electron chi connectivity index (χ3n) is 3.32. The molecule has 3 heteroatoms. The van der Waals surface area contributed by atoms with Crippen LogP contribution in [0.1, 0.15) is 90.9 Å². The first-order chi connectivity index (χ1) is 9.41. The molecule has 0 aliphatic carbocycles. The van der Waals surface area contributed by atoms with Crippen molar-refractivity contribution < 1.29 is 8.85 Å². The molecular formula is C16H34O2Si. The summed E-state index contributed by atoms with van der Waals surface area (Å²) in [6.07, 6.45) is 15.9. The minimum atomic E-state index is 0.257. The lowest BCUT2D eigenvalue weighted by Crippen LogP contribution is -2.07. The zero-order valence-electron chi connectivity index (χ0n) is 13.2. The lowest BCUT2D eigenvalue weighted by atomic mass is 10.1. The first kappa shape index (κ1) is 19.1. The van der Waals surface area contributed by atoms with Crippen LogP contribution in [0.25, 0.3) is 0 Å². The van der Waals surface area contributed by atoms with E-state index in [-0.39, 0.29) is 10.0 Å². The summed E-state index contributed by atoms with van der Waals surface area (Å²) >= 11 is 0. The van der Waals surface area contributed by atoms with Crippen molar-refractivity contribution in [1.29, 1.82) is 0 Å². The summed E-state index contributed by atoms with van der Waals surface area (Å²) in [7, 11) is 0.257. The van der Waals surface area contributed by atoms with E-state index in [2.05, 4.69) is 13.8 Å². The van der Waals surface area contributed by atoms with E-state index < -0.39 is 0 Å². The molecule has 0 saturated carbocycles. The third-order valence-corrected chi connectivity index (χ3v) is 3.96. The zero-order valence-corrected chi connectivity index (χ0v) is 14.2. The van der Waals surface area contributed by atoms with Crippen LogP contribution in [0.2, 0.25) is 0 Å². The highest BCUT2D eigenvalue weighted by Crippen LogP contribution is 2.05. The Labute approximate surface area is 123 Å². The second-order valence-electron chi connectivity index (χ2n) is 5.32. The normalized spacial score (nSPS) is 11.1. The van der Waals surface area contributed by atoms with E-state index in [4.69, 9.17) is 8.85 Å². The van der Waals surface area contributed by atoms with E-state index in [1.807, 2.05) is 0 Å². The molecule has 0 aromatic heterocycles. The van der Waals surface area contributed by atoms with Gasteiger partial charge in [-0.25, -0.2) is 0 Å². The quantitative estimate of drug-likeness (QED) is 0.284. The maximum atomic E-state index is 5.49. The van der Waals surface area contributed by atoms with E-state index >= 15 is 0 Å². The highest BCUT2D eigenvalue weighted by Gasteiger charge is 1.95. The van der Waals surface area contributed by atoms with Crippen molar-refractivity contribution in [3.05, 3.63) is 0 Å². The molecule has 0 bridgehead atoms. The highest BCUT2D eigenvalue weighted by atomic mass is 28.3. The maximum absolute atomic E-state index is 5.49. The van der Waals surface area contributed by atoms with Gasteiger partial charge in [-0.3, -0.25) is 0 Å². The Balaban J connectivity index is 2.88. The van der Waals surface area contributed by atoms with Crippen LogP contribution in [0, 0.1) is 0 Å². The fraction of sp³-hybridized carbons (Fsp3) is 1.00. The summed E-state index contributed by atoms with van der Waals surface area (Å²) in [4.78, 5) is 0. The van der Waals surface area contributed by atoms with Crippen LogP contribution in [0.3, 0.4) is 0 Å². The van der Waals surface area contributed by atoms with E-state index in [0.29, 0.717) is 0 Å². The second-order valence-corrected chi connectivity index (χ2v) is 6.06. The minimum absolute atomic E-state index is 0.257. The number of hydrogen-bond acceptors (Lipinski definition) is 2. The second kappa shape index (κ2) is 18.1. The monoisotopic (exact) mass is 286 g/mol. The van der Waals surface area contributed by atoms with Gasteiger partial charge in [0.2, 0.25) is 0 Å². The molecule has 0 heterocycles. The molecule has 0 rings (SSSR count). The lowest BCUT2D eigenvalue weighted by Gasteiger charge is -2.04. The molecule has 0 amide bonds. The van der Waals surface area contributed by atoms with Crippen LogP contribution in [-0.4, -0.2) is 23.2 Å². The first-order valence-corrected chi connectivity index (χ1v) is 9.22. The van der Waals surface area contributed by atoms with Crippen LogP contribution in [0.15, 0.2) is 0 Å². The van der Waals surface area contributed by atoms with Gasteiger partial charge in [-0.15, -0.1) is 0 Å². The van der Waals surface area contributed by atoms with Gasteiger partial charge in [0.1, 0.15) is 0 Å². The van der Waals surface area contributed by atoms with Crippen LogP contribution >= 0.6 is 0 Å². The Morgan fingerprint density at radius 1 is 0.526 bits per heavy atom. The summed E-state index contributed by atoms with van der Waals surface area (Å²) in [6.45, 7) is 6.26. The first-order valence-electron chi connectivity index (χ1n) is 8.40. The average molecular weight is 287 g/mol. The van der Waals surface area contributed by atoms with Crippen molar-refractivity contribution >= 4 is 10.0 Å². The Hall–Kier alpha value is 0.137. The summed E-state index contributed by atoms with van der Waals surface area (Å²) in [5.74, 6) is 0. The standard InChI is InChI=1S/C16H34O2Si/c1-3-5-7-9-11-13-15-17-19-18-16-14-12-10-8-6-4-2/h3-16H2,1-2H3. The molecule has 0 N–H and O–H groups in total. The van der Waals surface area contributed by atoms with Crippen molar-refractivity contribution in [2.24, 2.45) is 0 Å². The molecule has 0 fully saturated rings. The van der Waals surface area contributed by atoms with Crippen molar-refractivity contribution in [2.75, 3.05) is 13.2 Å². The van der Waals surface area contributed by atoms with Gasteiger partial charge in [-0.2, -0.15) is 0 Å². The van der Waals surface area contributed by atoms with Gasteiger partial charge in [-0.1, -0.05) is 78.1 Å². The van der Waals surface area contributed by atoms with E-state index in [0.717, 1.165) is 13.2 Å². The molecule has 19 heavy (non-hydrogen) atoms. The van der Waals surface area contributed by atoms with Gasteiger partial charge in [0.25, 0.3) is 0 Å². The predicted octanol–water partition coefficient (Wildman–Crippen LogP) is 5.27. The molecule has 0 unspecified atom stereocenters. The van der Waals surface area contributed by atoms with Gasteiger partial charge >= 0.3 is 10.0 Å². The fourth-order valence-corrected chi connectivity index (χ4v) is 2.57. The van der Waals surface area contributed by atoms with Crippen molar-refractivity contribution in [3.63, 3.8) is 0 Å². The van der Waals surface area contributed by atoms with Crippen LogP contribution in [0.5, 0.6) is 0 Å². The Bertz CT molecular complexity index is 138. The third kappa shape index (κ3) is 18.1. The Kier molecular flexibility index (Phi) is 18.3. The van der Waals surface area contributed by atoms with E-state index in [1.165, 1.54) is 77.0 Å². The summed E-state index contributed by atoms with van der Waals surface area (Å²) in [6, 6.07) is 0. The van der Waals surface area contributed by atoms with E-state index in [1.54, 1.807) is 0 Å². The van der Waals surface area contributed by atoms with Gasteiger partial charge in [-0.05, 0) is 12.8 Å².